The molecule has 25 heavy (non-hydrogen) atoms. The lowest BCUT2D eigenvalue weighted by molar-refractivity contribution is 0.106. The second kappa shape index (κ2) is 11.9. The minimum atomic E-state index is 0.0249. The first-order valence-electron chi connectivity index (χ1n) is 9.58. The molecule has 0 spiro atoms. The fourth-order valence-electron chi connectivity index (χ4n) is 3.28. The van der Waals surface area contributed by atoms with E-state index in [4.69, 9.17) is 4.74 Å². The molecule has 0 bridgehead atoms. The van der Waals surface area contributed by atoms with Gasteiger partial charge in [0.05, 0.1) is 6.10 Å². The first kappa shape index (κ1) is 19.7. The SMILES string of the molecule is CN=C(NCCCN1CCCCCC1)NCC(OC)c1ccccc1. The third-order valence-electron chi connectivity index (χ3n) is 4.78. The molecule has 0 aromatic heterocycles. The number of nitrogens with zero attached hydrogens (tertiary/aromatic N) is 2. The van der Waals surface area contributed by atoms with E-state index in [2.05, 4.69) is 32.7 Å². The van der Waals surface area contributed by atoms with Crippen molar-refractivity contribution in [1.82, 2.24) is 15.5 Å². The highest BCUT2D eigenvalue weighted by molar-refractivity contribution is 5.79. The number of likely N-dealkylation sites (tertiary alicyclic amines) is 1. The Kier molecular flexibility index (Phi) is 9.37. The van der Waals surface area contributed by atoms with Crippen LogP contribution in [-0.2, 0) is 4.74 Å². The average molecular weight is 347 g/mol. The molecule has 2 rings (SSSR count). The zero-order valence-corrected chi connectivity index (χ0v) is 15.8. The highest BCUT2D eigenvalue weighted by atomic mass is 16.5. The summed E-state index contributed by atoms with van der Waals surface area (Å²) in [4.78, 5) is 6.91. The summed E-state index contributed by atoms with van der Waals surface area (Å²) < 4.78 is 5.60. The standard InChI is InChI=1S/C20H34N4O/c1-21-20(22-13-10-16-24-14-8-3-4-9-15-24)23-17-19(25-2)18-11-6-5-7-12-18/h5-7,11-12,19H,3-4,8-10,13-17H2,1-2H3,(H2,21,22,23). The van der Waals surface area contributed by atoms with Gasteiger partial charge in [-0.15, -0.1) is 0 Å². The van der Waals surface area contributed by atoms with E-state index in [0.717, 1.165) is 18.9 Å². The van der Waals surface area contributed by atoms with Gasteiger partial charge in [-0.3, -0.25) is 4.99 Å². The normalized spacial score (nSPS) is 17.8. The van der Waals surface area contributed by atoms with Gasteiger partial charge >= 0.3 is 0 Å². The zero-order chi connectivity index (χ0) is 17.7. The van der Waals surface area contributed by atoms with E-state index < -0.39 is 0 Å². The van der Waals surface area contributed by atoms with Crippen LogP contribution in [0.1, 0.15) is 43.8 Å². The summed E-state index contributed by atoms with van der Waals surface area (Å²) in [5.41, 5.74) is 1.18. The molecule has 1 saturated heterocycles. The van der Waals surface area contributed by atoms with Crippen LogP contribution >= 0.6 is 0 Å². The molecule has 0 radical (unpaired) electrons. The fraction of sp³-hybridized carbons (Fsp3) is 0.650. The van der Waals surface area contributed by atoms with Crippen molar-refractivity contribution in [3.8, 4) is 0 Å². The van der Waals surface area contributed by atoms with Crippen LogP contribution in [0, 0.1) is 0 Å². The molecule has 1 aromatic rings. The number of aliphatic imine (C=N–C) groups is 1. The van der Waals surface area contributed by atoms with Crippen LogP contribution in [0.25, 0.3) is 0 Å². The number of rotatable bonds is 8. The minimum Gasteiger partial charge on any atom is -0.375 e. The topological polar surface area (TPSA) is 48.9 Å². The van der Waals surface area contributed by atoms with Crippen LogP contribution in [0.2, 0.25) is 0 Å². The van der Waals surface area contributed by atoms with Gasteiger partial charge in [-0.2, -0.15) is 0 Å². The van der Waals surface area contributed by atoms with E-state index >= 15 is 0 Å². The van der Waals surface area contributed by atoms with E-state index in [-0.39, 0.29) is 6.10 Å². The summed E-state index contributed by atoms with van der Waals surface area (Å²) in [7, 11) is 3.56. The summed E-state index contributed by atoms with van der Waals surface area (Å²) in [5, 5.41) is 6.78. The van der Waals surface area contributed by atoms with Crippen LogP contribution < -0.4 is 10.6 Å². The Balaban J connectivity index is 1.66. The van der Waals surface area contributed by atoms with E-state index in [9.17, 15) is 0 Å². The lowest BCUT2D eigenvalue weighted by Crippen LogP contribution is -2.40. The molecule has 1 heterocycles. The highest BCUT2D eigenvalue weighted by Gasteiger charge is 2.11. The summed E-state index contributed by atoms with van der Waals surface area (Å²) in [6.45, 7) is 5.35. The molecule has 1 aromatic carbocycles. The predicted octanol–water partition coefficient (Wildman–Crippen LogP) is 2.81. The molecular formula is C20H34N4O. The Morgan fingerprint density at radius 1 is 1.12 bits per heavy atom. The summed E-state index contributed by atoms with van der Waals surface area (Å²) in [6, 6.07) is 10.3. The average Bonchev–Trinajstić information content (AvgIpc) is 2.93. The molecule has 1 aliphatic heterocycles. The van der Waals surface area contributed by atoms with Crippen molar-refractivity contribution < 1.29 is 4.74 Å². The maximum absolute atomic E-state index is 5.60. The van der Waals surface area contributed by atoms with Crippen molar-refractivity contribution >= 4 is 5.96 Å². The van der Waals surface area contributed by atoms with Gasteiger partial charge in [0.15, 0.2) is 5.96 Å². The van der Waals surface area contributed by atoms with Gasteiger partial charge in [0.1, 0.15) is 0 Å². The zero-order valence-electron chi connectivity index (χ0n) is 15.8. The number of ether oxygens (including phenoxy) is 1. The van der Waals surface area contributed by atoms with E-state index in [1.165, 1.54) is 50.9 Å². The molecule has 0 saturated carbocycles. The van der Waals surface area contributed by atoms with Crippen LogP contribution in [0.5, 0.6) is 0 Å². The van der Waals surface area contributed by atoms with Gasteiger partial charge in [0.2, 0.25) is 0 Å². The Morgan fingerprint density at radius 3 is 2.48 bits per heavy atom. The predicted molar refractivity (Wildman–Crippen MR) is 105 cm³/mol. The Morgan fingerprint density at radius 2 is 1.84 bits per heavy atom. The van der Waals surface area contributed by atoms with Crippen molar-refractivity contribution in [3.05, 3.63) is 35.9 Å². The number of methoxy groups -OCH3 is 1. The molecule has 5 nitrogen and oxygen atoms in total. The highest BCUT2D eigenvalue weighted by Crippen LogP contribution is 2.14. The van der Waals surface area contributed by atoms with Crippen LogP contribution in [0.4, 0.5) is 0 Å². The van der Waals surface area contributed by atoms with Gasteiger partial charge in [-0.25, -0.2) is 0 Å². The third-order valence-corrected chi connectivity index (χ3v) is 4.78. The van der Waals surface area contributed by atoms with Crippen molar-refractivity contribution in [1.29, 1.82) is 0 Å². The molecule has 140 valence electrons. The number of hydrogen-bond donors (Lipinski definition) is 2. The molecule has 1 atom stereocenters. The first-order valence-corrected chi connectivity index (χ1v) is 9.58. The lowest BCUT2D eigenvalue weighted by Gasteiger charge is -2.21. The second-order valence-corrected chi connectivity index (χ2v) is 6.62. The molecule has 5 heteroatoms. The van der Waals surface area contributed by atoms with E-state index in [1.807, 2.05) is 25.2 Å². The maximum atomic E-state index is 5.60. The number of benzene rings is 1. The van der Waals surface area contributed by atoms with Crippen molar-refractivity contribution in [3.63, 3.8) is 0 Å². The van der Waals surface area contributed by atoms with Crippen LogP contribution in [0.3, 0.4) is 0 Å². The monoisotopic (exact) mass is 346 g/mol. The Hall–Kier alpha value is -1.59. The van der Waals surface area contributed by atoms with E-state index in [0.29, 0.717) is 6.54 Å². The third kappa shape index (κ3) is 7.45. The lowest BCUT2D eigenvalue weighted by atomic mass is 10.1. The fourth-order valence-corrected chi connectivity index (χ4v) is 3.28. The van der Waals surface area contributed by atoms with E-state index in [1.54, 1.807) is 7.11 Å². The Bertz CT molecular complexity index is 484. The summed E-state index contributed by atoms with van der Waals surface area (Å²) >= 11 is 0. The first-order chi connectivity index (χ1) is 12.3. The van der Waals surface area contributed by atoms with Crippen molar-refractivity contribution in [2.75, 3.05) is 46.9 Å². The van der Waals surface area contributed by atoms with Crippen LogP contribution in [0.15, 0.2) is 35.3 Å². The molecule has 0 aliphatic carbocycles. The molecule has 1 aliphatic rings. The molecule has 0 amide bonds. The number of nitrogens with one attached hydrogen (secondary N) is 2. The van der Waals surface area contributed by atoms with Gasteiger partial charge < -0.3 is 20.3 Å². The molecule has 1 fully saturated rings. The number of hydrogen-bond acceptors (Lipinski definition) is 3. The maximum Gasteiger partial charge on any atom is 0.191 e. The largest absolute Gasteiger partial charge is 0.375 e. The minimum absolute atomic E-state index is 0.0249. The molecule has 2 N–H and O–H groups in total. The molecular weight excluding hydrogens is 312 g/mol. The quantitative estimate of drug-likeness (QED) is 0.432. The second-order valence-electron chi connectivity index (χ2n) is 6.62. The number of guanidine groups is 1. The van der Waals surface area contributed by atoms with Gasteiger partial charge in [0.25, 0.3) is 0 Å². The smallest absolute Gasteiger partial charge is 0.191 e. The van der Waals surface area contributed by atoms with Gasteiger partial charge in [-0.05, 0) is 44.5 Å². The summed E-state index contributed by atoms with van der Waals surface area (Å²) in [6.07, 6.45) is 6.67. The van der Waals surface area contributed by atoms with Crippen molar-refractivity contribution in [2.24, 2.45) is 4.99 Å². The summed E-state index contributed by atoms with van der Waals surface area (Å²) in [5.74, 6) is 0.842. The molecule has 1 unspecified atom stereocenters. The van der Waals surface area contributed by atoms with Crippen LogP contribution in [-0.4, -0.2) is 57.7 Å². The van der Waals surface area contributed by atoms with Gasteiger partial charge in [-0.1, -0.05) is 43.2 Å². The van der Waals surface area contributed by atoms with Gasteiger partial charge in [0, 0.05) is 27.2 Å². The van der Waals surface area contributed by atoms with Crippen molar-refractivity contribution in [2.45, 2.75) is 38.2 Å². The Labute approximate surface area is 152 Å².